The minimum Gasteiger partial charge on any atom is -0.436 e. The summed E-state index contributed by atoms with van der Waals surface area (Å²) in [6.07, 6.45) is 0.932. The van der Waals surface area contributed by atoms with Crippen molar-refractivity contribution in [2.45, 2.75) is 13.3 Å². The average molecular weight is 453 g/mol. The number of nitrogens with one attached hydrogen (secondary N) is 1. The third-order valence-electron chi connectivity index (χ3n) is 5.58. The lowest BCUT2D eigenvalue weighted by Gasteiger charge is -2.09. The Morgan fingerprint density at radius 1 is 0.879 bits per heavy atom. The number of nitrogens with zero attached hydrogens (tertiary/aromatic N) is 1. The van der Waals surface area contributed by atoms with Crippen molar-refractivity contribution >= 4 is 34.3 Å². The van der Waals surface area contributed by atoms with Gasteiger partial charge in [0.25, 0.3) is 5.91 Å². The third kappa shape index (κ3) is 4.38. The van der Waals surface area contributed by atoms with Crippen LogP contribution in [0.2, 0.25) is 5.02 Å². The molecule has 5 heteroatoms. The molecule has 4 aromatic carbocycles. The molecule has 0 atom stereocenters. The number of carbonyl (C=O) groups excluding carboxylic acids is 1. The summed E-state index contributed by atoms with van der Waals surface area (Å²) in [5.74, 6) is 0.247. The maximum atomic E-state index is 12.9. The van der Waals surface area contributed by atoms with Crippen molar-refractivity contribution in [1.82, 2.24) is 4.98 Å². The van der Waals surface area contributed by atoms with Crippen LogP contribution in [0.4, 0.5) is 5.69 Å². The molecule has 1 amide bonds. The van der Waals surface area contributed by atoms with Crippen molar-refractivity contribution in [1.29, 1.82) is 0 Å². The van der Waals surface area contributed by atoms with Crippen molar-refractivity contribution in [3.05, 3.63) is 107 Å². The summed E-state index contributed by atoms with van der Waals surface area (Å²) in [4.78, 5) is 17.5. The lowest BCUT2D eigenvalue weighted by Crippen LogP contribution is -2.12. The number of carbonyl (C=O) groups is 1. The smallest absolute Gasteiger partial charge is 0.255 e. The Balaban J connectivity index is 1.39. The zero-order valence-corrected chi connectivity index (χ0v) is 18.8. The number of aryl methyl sites for hydroxylation is 1. The van der Waals surface area contributed by atoms with E-state index >= 15 is 0 Å². The summed E-state index contributed by atoms with van der Waals surface area (Å²) in [5, 5.41) is 3.35. The van der Waals surface area contributed by atoms with Crippen molar-refractivity contribution in [3.63, 3.8) is 0 Å². The van der Waals surface area contributed by atoms with Gasteiger partial charge >= 0.3 is 0 Å². The number of aromatic nitrogens is 1. The number of amides is 1. The fourth-order valence-corrected chi connectivity index (χ4v) is 3.87. The van der Waals surface area contributed by atoms with Crippen LogP contribution in [0.1, 0.15) is 22.8 Å². The first kappa shape index (κ1) is 21.0. The summed E-state index contributed by atoms with van der Waals surface area (Å²) in [5.41, 5.74) is 6.67. The van der Waals surface area contributed by atoms with Crippen molar-refractivity contribution in [3.8, 4) is 22.6 Å². The van der Waals surface area contributed by atoms with Crippen molar-refractivity contribution in [2.24, 2.45) is 0 Å². The Morgan fingerprint density at radius 2 is 1.61 bits per heavy atom. The quantitative estimate of drug-likeness (QED) is 0.298. The van der Waals surface area contributed by atoms with Crippen LogP contribution in [0.5, 0.6) is 0 Å². The number of oxazole rings is 1. The van der Waals surface area contributed by atoms with E-state index in [1.165, 1.54) is 5.56 Å². The molecule has 1 heterocycles. The number of anilines is 1. The molecule has 0 fully saturated rings. The van der Waals surface area contributed by atoms with E-state index in [-0.39, 0.29) is 5.91 Å². The van der Waals surface area contributed by atoms with Crippen LogP contribution in [-0.4, -0.2) is 10.9 Å². The van der Waals surface area contributed by atoms with Crippen LogP contribution in [0, 0.1) is 0 Å². The van der Waals surface area contributed by atoms with E-state index in [1.807, 2.05) is 78.9 Å². The first-order valence-electron chi connectivity index (χ1n) is 10.8. The maximum absolute atomic E-state index is 12.9. The highest BCUT2D eigenvalue weighted by Gasteiger charge is 2.14. The van der Waals surface area contributed by atoms with Gasteiger partial charge in [0.05, 0.1) is 10.7 Å². The van der Waals surface area contributed by atoms with Gasteiger partial charge in [-0.3, -0.25) is 4.79 Å². The molecule has 1 N–H and O–H groups in total. The highest BCUT2D eigenvalue weighted by atomic mass is 35.5. The van der Waals surface area contributed by atoms with Gasteiger partial charge in [-0.05, 0) is 65.6 Å². The number of hydrogen-bond donors (Lipinski definition) is 1. The van der Waals surface area contributed by atoms with Crippen molar-refractivity contribution < 1.29 is 9.21 Å². The van der Waals surface area contributed by atoms with Gasteiger partial charge in [0, 0.05) is 11.1 Å². The van der Waals surface area contributed by atoms with Crippen LogP contribution in [0.25, 0.3) is 33.7 Å². The molecular weight excluding hydrogens is 432 g/mol. The first-order valence-corrected chi connectivity index (χ1v) is 11.1. The average Bonchev–Trinajstić information content (AvgIpc) is 3.29. The molecule has 0 aliphatic rings. The summed E-state index contributed by atoms with van der Waals surface area (Å²) in [7, 11) is 0. The summed E-state index contributed by atoms with van der Waals surface area (Å²) in [6, 6.07) is 28.9. The van der Waals surface area contributed by atoms with E-state index in [0.717, 1.165) is 34.2 Å². The second-order valence-electron chi connectivity index (χ2n) is 7.77. The van der Waals surface area contributed by atoms with Gasteiger partial charge in [0.15, 0.2) is 5.58 Å². The van der Waals surface area contributed by atoms with Gasteiger partial charge in [-0.25, -0.2) is 4.98 Å². The summed E-state index contributed by atoms with van der Waals surface area (Å²) >= 11 is 6.37. The van der Waals surface area contributed by atoms with Crippen LogP contribution < -0.4 is 5.32 Å². The molecule has 162 valence electrons. The largest absolute Gasteiger partial charge is 0.436 e. The normalized spacial score (nSPS) is 11.0. The van der Waals surface area contributed by atoms with Gasteiger partial charge in [0.2, 0.25) is 5.89 Å². The van der Waals surface area contributed by atoms with Crippen LogP contribution in [-0.2, 0) is 6.42 Å². The van der Waals surface area contributed by atoms with Crippen molar-refractivity contribution in [2.75, 3.05) is 5.32 Å². The Hall–Kier alpha value is -3.89. The molecule has 0 aliphatic heterocycles. The molecule has 0 saturated carbocycles. The summed E-state index contributed by atoms with van der Waals surface area (Å²) in [6.45, 7) is 2.10. The molecule has 0 spiro atoms. The van der Waals surface area contributed by atoms with E-state index < -0.39 is 0 Å². The van der Waals surface area contributed by atoms with Gasteiger partial charge in [-0.15, -0.1) is 0 Å². The number of rotatable bonds is 5. The third-order valence-corrected chi connectivity index (χ3v) is 5.91. The molecular formula is C28H21ClN2O2. The fourth-order valence-electron chi connectivity index (χ4n) is 3.71. The Bertz CT molecular complexity index is 1440. The van der Waals surface area contributed by atoms with Crippen LogP contribution in [0.3, 0.4) is 0 Å². The molecule has 0 radical (unpaired) electrons. The van der Waals surface area contributed by atoms with Gasteiger partial charge in [0.1, 0.15) is 5.52 Å². The molecule has 33 heavy (non-hydrogen) atoms. The van der Waals surface area contributed by atoms with E-state index in [9.17, 15) is 4.79 Å². The molecule has 5 aromatic rings. The molecule has 5 rings (SSSR count). The maximum Gasteiger partial charge on any atom is 0.255 e. The van der Waals surface area contributed by atoms with E-state index in [1.54, 1.807) is 12.1 Å². The first-order chi connectivity index (χ1) is 16.1. The number of benzene rings is 4. The Kier molecular flexibility index (Phi) is 5.68. The molecule has 0 saturated heterocycles. The molecule has 0 aliphatic carbocycles. The predicted octanol–water partition coefficient (Wildman–Crippen LogP) is 7.63. The predicted molar refractivity (Wildman–Crippen MR) is 134 cm³/mol. The van der Waals surface area contributed by atoms with Gasteiger partial charge in [-0.2, -0.15) is 0 Å². The monoisotopic (exact) mass is 452 g/mol. The highest BCUT2D eigenvalue weighted by Crippen LogP contribution is 2.31. The molecule has 0 bridgehead atoms. The topological polar surface area (TPSA) is 55.1 Å². The van der Waals surface area contributed by atoms with E-state index in [2.05, 4.69) is 17.2 Å². The zero-order valence-electron chi connectivity index (χ0n) is 18.0. The minimum absolute atomic E-state index is 0.237. The zero-order chi connectivity index (χ0) is 22.8. The van der Waals surface area contributed by atoms with Gasteiger partial charge < -0.3 is 9.73 Å². The van der Waals surface area contributed by atoms with E-state index in [4.69, 9.17) is 16.0 Å². The summed E-state index contributed by atoms with van der Waals surface area (Å²) < 4.78 is 5.93. The number of hydrogen-bond acceptors (Lipinski definition) is 3. The molecule has 1 aromatic heterocycles. The molecule has 4 nitrogen and oxygen atoms in total. The highest BCUT2D eigenvalue weighted by molar-refractivity contribution is 6.34. The van der Waals surface area contributed by atoms with Gasteiger partial charge in [-0.1, -0.05) is 67.1 Å². The SMILES string of the molecule is CCc1ccc2oc(-c3ccc(Cl)c(NC(=O)c4ccc(-c5ccccc5)cc4)c3)nc2c1. The fraction of sp³-hybridized carbons (Fsp3) is 0.0714. The lowest BCUT2D eigenvalue weighted by molar-refractivity contribution is 0.102. The minimum atomic E-state index is -0.237. The standard InChI is InChI=1S/C28H21ClN2O2/c1-2-18-8-15-26-25(16-18)31-28(33-26)22-13-14-23(29)24(17-22)30-27(32)21-11-9-20(10-12-21)19-6-4-3-5-7-19/h3-17H,2H2,1H3,(H,30,32). The lowest BCUT2D eigenvalue weighted by atomic mass is 10.0. The van der Waals surface area contributed by atoms with Crippen LogP contribution in [0.15, 0.2) is 95.4 Å². The Labute approximate surface area is 196 Å². The number of fused-ring (bicyclic) bond motifs is 1. The second kappa shape index (κ2) is 8.93. The second-order valence-corrected chi connectivity index (χ2v) is 8.17. The van der Waals surface area contributed by atoms with Crippen LogP contribution >= 0.6 is 11.6 Å². The number of halogens is 1. The van der Waals surface area contributed by atoms with E-state index in [0.29, 0.717) is 22.2 Å². The Morgan fingerprint density at radius 3 is 2.36 bits per heavy atom. The molecule has 0 unspecified atom stereocenters.